The first-order chi connectivity index (χ1) is 6.77. The van der Waals surface area contributed by atoms with Crippen molar-refractivity contribution in [2.45, 2.75) is 0 Å². The molecular weight excluding hydrogens is 289 g/mol. The number of nitrogens with zero attached hydrogens (tertiary/aromatic N) is 1. The van der Waals surface area contributed by atoms with Crippen LogP contribution in [-0.2, 0) is 0 Å². The van der Waals surface area contributed by atoms with Gasteiger partial charge >= 0.3 is 0 Å². The molecule has 0 amide bonds. The van der Waals surface area contributed by atoms with Gasteiger partial charge in [0.1, 0.15) is 5.75 Å². The molecule has 2 nitrogen and oxygen atoms in total. The van der Waals surface area contributed by atoms with E-state index in [4.69, 9.17) is 0 Å². The van der Waals surface area contributed by atoms with Gasteiger partial charge in [0.25, 0.3) is 0 Å². The summed E-state index contributed by atoms with van der Waals surface area (Å²) in [6.07, 6.45) is 1.76. The Morgan fingerprint density at radius 1 is 1.14 bits per heavy atom. The summed E-state index contributed by atoms with van der Waals surface area (Å²) in [5, 5.41) is 9.26. The summed E-state index contributed by atoms with van der Waals surface area (Å²) in [7, 11) is 0. The number of aromatic nitrogens is 1. The van der Waals surface area contributed by atoms with Crippen molar-refractivity contribution in [2.75, 3.05) is 0 Å². The van der Waals surface area contributed by atoms with Crippen molar-refractivity contribution in [3.8, 4) is 17.0 Å². The third kappa shape index (κ3) is 1.87. The number of hydrogen-bond donors (Lipinski definition) is 1. The molecule has 0 unspecified atom stereocenters. The van der Waals surface area contributed by atoms with Crippen molar-refractivity contribution in [3.05, 3.63) is 46.2 Å². The summed E-state index contributed by atoms with van der Waals surface area (Å²) < 4.78 is 1.00. The molecule has 1 N–H and O–H groups in total. The van der Waals surface area contributed by atoms with Gasteiger partial charge in [-0.3, -0.25) is 4.98 Å². The van der Waals surface area contributed by atoms with Gasteiger partial charge in [0.15, 0.2) is 0 Å². The van der Waals surface area contributed by atoms with Crippen LogP contribution in [0.1, 0.15) is 0 Å². The third-order valence-corrected chi connectivity index (χ3v) is 2.79. The molecule has 14 heavy (non-hydrogen) atoms. The maximum absolute atomic E-state index is 9.26. The Bertz CT molecular complexity index is 442. The van der Waals surface area contributed by atoms with E-state index in [0.717, 1.165) is 14.8 Å². The SMILES string of the molecule is Oc1ccc(-c2ccccn2)c(I)c1. The Balaban J connectivity index is 2.53. The second-order valence-corrected chi connectivity index (χ2v) is 4.04. The highest BCUT2D eigenvalue weighted by Crippen LogP contribution is 2.26. The molecule has 0 saturated carbocycles. The fourth-order valence-electron chi connectivity index (χ4n) is 1.23. The van der Waals surface area contributed by atoms with Gasteiger partial charge in [0, 0.05) is 15.3 Å². The third-order valence-electron chi connectivity index (χ3n) is 1.89. The molecule has 0 fully saturated rings. The highest BCUT2D eigenvalue weighted by Gasteiger charge is 2.03. The lowest BCUT2D eigenvalue weighted by Gasteiger charge is -2.03. The first-order valence-corrected chi connectivity index (χ1v) is 5.25. The molecule has 2 aromatic rings. The zero-order valence-corrected chi connectivity index (χ0v) is 9.47. The van der Waals surface area contributed by atoms with Crippen molar-refractivity contribution < 1.29 is 5.11 Å². The summed E-state index contributed by atoms with van der Waals surface area (Å²) in [6.45, 7) is 0. The second-order valence-electron chi connectivity index (χ2n) is 2.88. The van der Waals surface area contributed by atoms with E-state index >= 15 is 0 Å². The summed E-state index contributed by atoms with van der Waals surface area (Å²) >= 11 is 2.19. The topological polar surface area (TPSA) is 33.1 Å². The van der Waals surface area contributed by atoms with Crippen LogP contribution in [0.5, 0.6) is 5.75 Å². The average molecular weight is 297 g/mol. The van der Waals surface area contributed by atoms with E-state index in [0.29, 0.717) is 0 Å². The lowest BCUT2D eigenvalue weighted by atomic mass is 10.1. The Kier molecular flexibility index (Phi) is 2.67. The van der Waals surface area contributed by atoms with E-state index < -0.39 is 0 Å². The van der Waals surface area contributed by atoms with Crippen LogP contribution >= 0.6 is 22.6 Å². The number of phenols is 1. The Hall–Kier alpha value is -1.10. The Labute approximate surface area is 95.8 Å². The number of hydrogen-bond acceptors (Lipinski definition) is 2. The quantitative estimate of drug-likeness (QED) is 0.821. The number of halogens is 1. The van der Waals surface area contributed by atoms with Gasteiger partial charge in [-0.25, -0.2) is 0 Å². The Morgan fingerprint density at radius 3 is 2.64 bits per heavy atom. The summed E-state index contributed by atoms with van der Waals surface area (Å²) in [5.74, 6) is 0.286. The first-order valence-electron chi connectivity index (χ1n) is 4.17. The van der Waals surface area contributed by atoms with Crippen LogP contribution in [0.4, 0.5) is 0 Å². The molecule has 3 heteroatoms. The van der Waals surface area contributed by atoms with Crippen molar-refractivity contribution in [2.24, 2.45) is 0 Å². The molecule has 0 atom stereocenters. The number of benzene rings is 1. The maximum Gasteiger partial charge on any atom is 0.116 e. The molecule has 70 valence electrons. The molecule has 2 rings (SSSR count). The predicted octanol–water partition coefficient (Wildman–Crippen LogP) is 3.06. The van der Waals surface area contributed by atoms with Crippen molar-refractivity contribution in [3.63, 3.8) is 0 Å². The van der Waals surface area contributed by atoms with Gasteiger partial charge in [0.05, 0.1) is 5.69 Å². The van der Waals surface area contributed by atoms with E-state index in [9.17, 15) is 5.11 Å². The molecule has 0 radical (unpaired) electrons. The number of rotatable bonds is 1. The number of phenolic OH excluding ortho intramolecular Hbond substituents is 1. The van der Waals surface area contributed by atoms with Crippen LogP contribution in [0.15, 0.2) is 42.6 Å². The molecular formula is C11H8INO. The van der Waals surface area contributed by atoms with Gasteiger partial charge in [-0.2, -0.15) is 0 Å². The van der Waals surface area contributed by atoms with E-state index in [1.54, 1.807) is 18.3 Å². The smallest absolute Gasteiger partial charge is 0.116 e. The Morgan fingerprint density at radius 2 is 2.00 bits per heavy atom. The molecule has 0 spiro atoms. The van der Waals surface area contributed by atoms with Gasteiger partial charge in [-0.05, 0) is 52.9 Å². The summed E-state index contributed by atoms with van der Waals surface area (Å²) in [4.78, 5) is 4.25. The molecule has 0 aliphatic carbocycles. The lowest BCUT2D eigenvalue weighted by Crippen LogP contribution is -1.85. The lowest BCUT2D eigenvalue weighted by molar-refractivity contribution is 0.475. The van der Waals surface area contributed by atoms with E-state index in [1.807, 2.05) is 24.3 Å². The highest BCUT2D eigenvalue weighted by atomic mass is 127. The minimum atomic E-state index is 0.286. The largest absolute Gasteiger partial charge is 0.508 e. The maximum atomic E-state index is 9.26. The van der Waals surface area contributed by atoms with E-state index in [-0.39, 0.29) is 5.75 Å². The molecule has 0 aliphatic heterocycles. The van der Waals surface area contributed by atoms with Crippen LogP contribution in [0.2, 0.25) is 0 Å². The monoisotopic (exact) mass is 297 g/mol. The van der Waals surface area contributed by atoms with Crippen LogP contribution < -0.4 is 0 Å². The molecule has 1 aromatic heterocycles. The average Bonchev–Trinajstić information content (AvgIpc) is 2.19. The van der Waals surface area contributed by atoms with Gasteiger partial charge in [-0.1, -0.05) is 6.07 Å². The fraction of sp³-hybridized carbons (Fsp3) is 0. The van der Waals surface area contributed by atoms with Crippen LogP contribution in [-0.4, -0.2) is 10.1 Å². The second kappa shape index (κ2) is 3.96. The van der Waals surface area contributed by atoms with Crippen molar-refractivity contribution in [1.29, 1.82) is 0 Å². The van der Waals surface area contributed by atoms with Crippen LogP contribution in [0, 0.1) is 3.57 Å². The minimum absolute atomic E-state index is 0.286. The van der Waals surface area contributed by atoms with Gasteiger partial charge < -0.3 is 5.11 Å². The zero-order valence-electron chi connectivity index (χ0n) is 7.31. The molecule has 0 saturated heterocycles. The van der Waals surface area contributed by atoms with Crippen LogP contribution in [0.3, 0.4) is 0 Å². The predicted molar refractivity (Wildman–Crippen MR) is 64.1 cm³/mol. The first kappa shape index (κ1) is 9.45. The van der Waals surface area contributed by atoms with Crippen molar-refractivity contribution in [1.82, 2.24) is 4.98 Å². The van der Waals surface area contributed by atoms with Gasteiger partial charge in [-0.15, -0.1) is 0 Å². The number of aromatic hydroxyl groups is 1. The minimum Gasteiger partial charge on any atom is -0.508 e. The van der Waals surface area contributed by atoms with E-state index in [2.05, 4.69) is 27.6 Å². The summed E-state index contributed by atoms with van der Waals surface area (Å²) in [6, 6.07) is 11.1. The normalized spacial score (nSPS) is 10.1. The zero-order chi connectivity index (χ0) is 9.97. The summed E-state index contributed by atoms with van der Waals surface area (Å²) in [5.41, 5.74) is 1.97. The van der Waals surface area contributed by atoms with Crippen LogP contribution in [0.25, 0.3) is 11.3 Å². The molecule has 0 aliphatic rings. The van der Waals surface area contributed by atoms with Gasteiger partial charge in [0.2, 0.25) is 0 Å². The fourth-order valence-corrected chi connectivity index (χ4v) is 2.01. The molecule has 1 heterocycles. The highest BCUT2D eigenvalue weighted by molar-refractivity contribution is 14.1. The standard InChI is InChI=1S/C11H8INO/c12-10-7-8(14)4-5-9(10)11-3-1-2-6-13-11/h1-7,14H. The number of pyridine rings is 1. The molecule has 1 aromatic carbocycles. The van der Waals surface area contributed by atoms with E-state index in [1.165, 1.54) is 0 Å². The molecule has 0 bridgehead atoms. The van der Waals surface area contributed by atoms with Crippen molar-refractivity contribution >= 4 is 22.6 Å².